The van der Waals surface area contributed by atoms with Gasteiger partial charge in [0.2, 0.25) is 10.0 Å². The molecule has 0 bridgehead atoms. The molecule has 0 spiro atoms. The van der Waals surface area contributed by atoms with Gasteiger partial charge in [-0.15, -0.1) is 0 Å². The van der Waals surface area contributed by atoms with Crippen LogP contribution in [0, 0.1) is 24.1 Å². The zero-order chi connectivity index (χ0) is 25.8. The zero-order valence-electron chi connectivity index (χ0n) is 20.5. The minimum Gasteiger partial charge on any atom is -0.258 e. The summed E-state index contributed by atoms with van der Waals surface area (Å²) < 4.78 is 42.3. The Hall–Kier alpha value is -3.41. The SMILES string of the molecule is CCC(C(=C(C#N)c1cc(F)cnc1C)c1ccc(S(=O)(=O)NC(C)(C)C)cn1)c1ccccc1. The van der Waals surface area contributed by atoms with E-state index in [0.29, 0.717) is 28.9 Å². The first-order chi connectivity index (χ1) is 16.5. The van der Waals surface area contributed by atoms with E-state index in [2.05, 4.69) is 20.8 Å². The van der Waals surface area contributed by atoms with Crippen molar-refractivity contribution in [2.75, 3.05) is 0 Å². The van der Waals surface area contributed by atoms with Crippen molar-refractivity contribution < 1.29 is 12.8 Å². The molecule has 1 unspecified atom stereocenters. The number of aromatic nitrogens is 2. The molecular formula is C27H29FN4O2S. The lowest BCUT2D eigenvalue weighted by Crippen LogP contribution is -2.40. The van der Waals surface area contributed by atoms with Gasteiger partial charge >= 0.3 is 0 Å². The highest BCUT2D eigenvalue weighted by Gasteiger charge is 2.26. The van der Waals surface area contributed by atoms with E-state index in [1.807, 2.05) is 37.3 Å². The van der Waals surface area contributed by atoms with E-state index in [1.54, 1.807) is 33.8 Å². The Bertz CT molecular complexity index is 1370. The van der Waals surface area contributed by atoms with Crippen molar-refractivity contribution in [3.63, 3.8) is 0 Å². The predicted octanol–water partition coefficient (Wildman–Crippen LogP) is 5.63. The topological polar surface area (TPSA) is 95.7 Å². The summed E-state index contributed by atoms with van der Waals surface area (Å²) in [4.78, 5) is 8.59. The van der Waals surface area contributed by atoms with Crippen molar-refractivity contribution >= 4 is 21.2 Å². The molecule has 0 aliphatic rings. The van der Waals surface area contributed by atoms with Crippen LogP contribution in [0.4, 0.5) is 4.39 Å². The summed E-state index contributed by atoms with van der Waals surface area (Å²) in [5.74, 6) is -0.788. The number of nitrogens with zero attached hydrogens (tertiary/aromatic N) is 3. The molecule has 182 valence electrons. The molecule has 0 amide bonds. The van der Waals surface area contributed by atoms with Gasteiger partial charge < -0.3 is 0 Å². The monoisotopic (exact) mass is 492 g/mol. The van der Waals surface area contributed by atoms with Gasteiger partial charge in [0.05, 0.1) is 17.5 Å². The largest absolute Gasteiger partial charge is 0.258 e. The molecule has 1 aromatic carbocycles. The molecule has 2 heterocycles. The van der Waals surface area contributed by atoms with Crippen molar-refractivity contribution in [2.24, 2.45) is 0 Å². The molecule has 3 rings (SSSR count). The second kappa shape index (κ2) is 10.5. The van der Waals surface area contributed by atoms with Crippen LogP contribution in [0.1, 0.15) is 62.5 Å². The Morgan fingerprint density at radius 3 is 2.34 bits per heavy atom. The van der Waals surface area contributed by atoms with Crippen molar-refractivity contribution in [3.8, 4) is 6.07 Å². The lowest BCUT2D eigenvalue weighted by atomic mass is 9.82. The molecule has 6 nitrogen and oxygen atoms in total. The second-order valence-corrected chi connectivity index (χ2v) is 11.0. The molecule has 3 aromatic rings. The molecule has 1 atom stereocenters. The second-order valence-electron chi connectivity index (χ2n) is 9.29. The first-order valence-electron chi connectivity index (χ1n) is 11.3. The van der Waals surface area contributed by atoms with Gasteiger partial charge in [0.1, 0.15) is 16.8 Å². The van der Waals surface area contributed by atoms with Crippen LogP contribution in [0.2, 0.25) is 0 Å². The summed E-state index contributed by atoms with van der Waals surface area (Å²) in [6, 6.07) is 16.3. The Morgan fingerprint density at radius 1 is 1.11 bits per heavy atom. The Kier molecular flexibility index (Phi) is 7.83. The van der Waals surface area contributed by atoms with Crippen LogP contribution in [0.15, 0.2) is 65.8 Å². The number of nitrogens with one attached hydrogen (secondary N) is 1. The van der Waals surface area contributed by atoms with Crippen LogP contribution in [-0.2, 0) is 10.0 Å². The van der Waals surface area contributed by atoms with Gasteiger partial charge in [-0.1, -0.05) is 37.3 Å². The Labute approximate surface area is 206 Å². The molecule has 8 heteroatoms. The number of nitriles is 1. The van der Waals surface area contributed by atoms with Gasteiger partial charge in [-0.05, 0) is 57.9 Å². The Balaban J connectivity index is 2.26. The number of hydrogen-bond donors (Lipinski definition) is 1. The zero-order valence-corrected chi connectivity index (χ0v) is 21.3. The number of aryl methyl sites for hydroxylation is 1. The number of halogens is 1. The summed E-state index contributed by atoms with van der Waals surface area (Å²) in [5, 5.41) is 10.2. The number of benzene rings is 1. The summed E-state index contributed by atoms with van der Waals surface area (Å²) in [6.45, 7) is 8.98. The lowest BCUT2D eigenvalue weighted by Gasteiger charge is -2.23. The fourth-order valence-corrected chi connectivity index (χ4v) is 5.32. The molecule has 1 N–H and O–H groups in total. The summed E-state index contributed by atoms with van der Waals surface area (Å²) in [7, 11) is -3.78. The first kappa shape index (κ1) is 26.2. The van der Waals surface area contributed by atoms with E-state index in [4.69, 9.17) is 0 Å². The van der Waals surface area contributed by atoms with Crippen molar-refractivity contribution in [1.82, 2.24) is 14.7 Å². The van der Waals surface area contributed by atoms with Crippen molar-refractivity contribution in [1.29, 1.82) is 5.26 Å². The predicted molar refractivity (Wildman–Crippen MR) is 135 cm³/mol. The third kappa shape index (κ3) is 6.18. The maximum atomic E-state index is 14.2. The van der Waals surface area contributed by atoms with E-state index in [1.165, 1.54) is 18.3 Å². The molecule has 35 heavy (non-hydrogen) atoms. The van der Waals surface area contributed by atoms with E-state index in [9.17, 15) is 18.1 Å². The van der Waals surface area contributed by atoms with E-state index in [-0.39, 0.29) is 16.4 Å². The number of sulfonamides is 1. The van der Waals surface area contributed by atoms with Crippen molar-refractivity contribution in [2.45, 2.75) is 57.4 Å². The summed E-state index contributed by atoms with van der Waals surface area (Å²) >= 11 is 0. The maximum absolute atomic E-state index is 14.2. The highest BCUT2D eigenvalue weighted by molar-refractivity contribution is 7.89. The lowest BCUT2D eigenvalue weighted by molar-refractivity contribution is 0.491. The molecule has 0 fully saturated rings. The van der Waals surface area contributed by atoms with Gasteiger partial charge in [0, 0.05) is 34.5 Å². The van der Waals surface area contributed by atoms with Crippen LogP contribution in [0.3, 0.4) is 0 Å². The van der Waals surface area contributed by atoms with Gasteiger partial charge in [0.15, 0.2) is 0 Å². The highest BCUT2D eigenvalue weighted by atomic mass is 32.2. The maximum Gasteiger partial charge on any atom is 0.242 e. The van der Waals surface area contributed by atoms with E-state index >= 15 is 0 Å². The first-order valence-corrected chi connectivity index (χ1v) is 12.8. The van der Waals surface area contributed by atoms with Gasteiger partial charge in [0.25, 0.3) is 0 Å². The third-order valence-corrected chi connectivity index (χ3v) is 7.17. The number of allylic oxidation sites excluding steroid dienone is 2. The number of pyridine rings is 2. The average molecular weight is 493 g/mol. The van der Waals surface area contributed by atoms with Gasteiger partial charge in [-0.3, -0.25) is 9.97 Å². The van der Waals surface area contributed by atoms with Crippen LogP contribution < -0.4 is 4.72 Å². The Morgan fingerprint density at radius 2 is 1.80 bits per heavy atom. The van der Waals surface area contributed by atoms with Gasteiger partial charge in [-0.25, -0.2) is 17.5 Å². The minimum atomic E-state index is -3.78. The fourth-order valence-electron chi connectivity index (χ4n) is 3.96. The standard InChI is InChI=1S/C27H29FN4O2S/c1-6-22(19-10-8-7-9-11-19)26(24(15-29)23-14-20(28)16-30-18(23)2)25-13-12-21(17-31-25)35(33,34)32-27(3,4)5/h7-14,16-17,22,32H,6H2,1-5H3. The molecule has 2 aromatic heterocycles. The molecule has 0 radical (unpaired) electrons. The fraction of sp³-hybridized carbons (Fsp3) is 0.296. The number of hydrogen-bond acceptors (Lipinski definition) is 5. The minimum absolute atomic E-state index is 0.0189. The molecule has 0 saturated heterocycles. The highest BCUT2D eigenvalue weighted by Crippen LogP contribution is 2.40. The normalized spacial score (nSPS) is 13.6. The van der Waals surface area contributed by atoms with E-state index < -0.39 is 21.4 Å². The van der Waals surface area contributed by atoms with Crippen LogP contribution in [-0.4, -0.2) is 23.9 Å². The van der Waals surface area contributed by atoms with Crippen LogP contribution in [0.5, 0.6) is 0 Å². The average Bonchev–Trinajstić information content (AvgIpc) is 2.80. The molecular weight excluding hydrogens is 463 g/mol. The quantitative estimate of drug-likeness (QED) is 0.431. The summed E-state index contributed by atoms with van der Waals surface area (Å²) in [6.07, 6.45) is 3.04. The number of rotatable bonds is 7. The third-order valence-electron chi connectivity index (χ3n) is 5.43. The van der Waals surface area contributed by atoms with Gasteiger partial charge in [-0.2, -0.15) is 5.26 Å². The summed E-state index contributed by atoms with van der Waals surface area (Å²) in [5.41, 5.74) is 2.48. The molecule has 0 saturated carbocycles. The smallest absolute Gasteiger partial charge is 0.242 e. The molecule has 0 aliphatic heterocycles. The van der Waals surface area contributed by atoms with Crippen LogP contribution >= 0.6 is 0 Å². The van der Waals surface area contributed by atoms with Crippen LogP contribution in [0.25, 0.3) is 11.1 Å². The molecule has 0 aliphatic carbocycles. The van der Waals surface area contributed by atoms with E-state index in [0.717, 1.165) is 11.8 Å². The van der Waals surface area contributed by atoms with Crippen molar-refractivity contribution in [3.05, 3.63) is 89.3 Å².